The number of amides is 1. The summed E-state index contributed by atoms with van der Waals surface area (Å²) in [6, 6.07) is 20.9. The molecule has 4 heterocycles. The highest BCUT2D eigenvalue weighted by molar-refractivity contribution is 7.99. The third-order valence-electron chi connectivity index (χ3n) is 7.71. The van der Waals surface area contributed by atoms with Crippen molar-refractivity contribution in [2.75, 3.05) is 23.7 Å². The third kappa shape index (κ3) is 2.89. The van der Waals surface area contributed by atoms with E-state index in [9.17, 15) is 9.59 Å². The SMILES string of the molecule is O=C(c1ccc2c(c1)OCO2)C1C(c2ccccc2)C2CSCN2C12C(=O)Nc1ccc(Cl)cc12. The highest BCUT2D eigenvalue weighted by Gasteiger charge is 2.69. The molecule has 0 bridgehead atoms. The van der Waals surface area contributed by atoms with E-state index in [4.69, 9.17) is 21.1 Å². The molecule has 4 aliphatic rings. The van der Waals surface area contributed by atoms with E-state index in [1.807, 2.05) is 30.3 Å². The fourth-order valence-corrected chi connectivity index (χ4v) is 7.82. The Hall–Kier alpha value is -3.00. The van der Waals surface area contributed by atoms with Gasteiger partial charge < -0.3 is 14.8 Å². The van der Waals surface area contributed by atoms with Gasteiger partial charge in [-0.15, -0.1) is 11.8 Å². The minimum Gasteiger partial charge on any atom is -0.454 e. The van der Waals surface area contributed by atoms with Crippen molar-refractivity contribution in [3.63, 3.8) is 0 Å². The first kappa shape index (κ1) is 21.3. The van der Waals surface area contributed by atoms with Gasteiger partial charge in [-0.1, -0.05) is 41.9 Å². The number of nitrogens with one attached hydrogen (secondary N) is 1. The average Bonchev–Trinajstić information content (AvgIpc) is 3.63. The molecule has 176 valence electrons. The summed E-state index contributed by atoms with van der Waals surface area (Å²) in [6.07, 6.45) is 0. The predicted molar refractivity (Wildman–Crippen MR) is 134 cm³/mol. The summed E-state index contributed by atoms with van der Waals surface area (Å²) in [5.41, 5.74) is 1.91. The molecule has 7 rings (SSSR count). The first-order chi connectivity index (χ1) is 17.1. The van der Waals surface area contributed by atoms with Gasteiger partial charge in [-0.25, -0.2) is 0 Å². The maximum Gasteiger partial charge on any atom is 0.250 e. The van der Waals surface area contributed by atoms with Crippen LogP contribution in [0.3, 0.4) is 0 Å². The number of carbonyl (C=O) groups excluding carboxylic acids is 2. The Morgan fingerprint density at radius 2 is 1.89 bits per heavy atom. The molecule has 4 unspecified atom stereocenters. The lowest BCUT2D eigenvalue weighted by molar-refractivity contribution is -0.127. The second kappa shape index (κ2) is 7.75. The number of fused-ring (bicyclic) bond motifs is 5. The fourth-order valence-electron chi connectivity index (χ4n) is 6.33. The monoisotopic (exact) mass is 504 g/mol. The maximum atomic E-state index is 14.5. The lowest BCUT2D eigenvalue weighted by atomic mass is 9.69. The van der Waals surface area contributed by atoms with Crippen LogP contribution in [0, 0.1) is 5.92 Å². The van der Waals surface area contributed by atoms with E-state index in [0.29, 0.717) is 33.6 Å². The molecular weight excluding hydrogens is 484 g/mol. The second-order valence-corrected chi connectivity index (χ2v) is 10.7. The molecular formula is C27H21ClN2O4S. The number of nitrogens with zero attached hydrogens (tertiary/aromatic N) is 1. The van der Waals surface area contributed by atoms with E-state index in [0.717, 1.165) is 16.9 Å². The summed E-state index contributed by atoms with van der Waals surface area (Å²) in [7, 11) is 0. The van der Waals surface area contributed by atoms with Gasteiger partial charge in [0, 0.05) is 45.4 Å². The normalized spacial score (nSPS) is 28.3. The molecule has 3 aromatic rings. The van der Waals surface area contributed by atoms with E-state index in [1.165, 1.54) is 0 Å². The number of ether oxygens (including phenoxy) is 2. The van der Waals surface area contributed by atoms with Crippen molar-refractivity contribution in [2.45, 2.75) is 17.5 Å². The van der Waals surface area contributed by atoms with Gasteiger partial charge in [0.15, 0.2) is 17.3 Å². The number of Topliss-reactive ketones (excluding diaryl/α,β-unsaturated/α-hetero) is 1. The molecule has 8 heteroatoms. The minimum atomic E-state index is -1.15. The third-order valence-corrected chi connectivity index (χ3v) is 8.98. The number of hydrogen-bond donors (Lipinski definition) is 1. The Balaban J connectivity index is 1.47. The smallest absolute Gasteiger partial charge is 0.250 e. The van der Waals surface area contributed by atoms with Gasteiger partial charge in [-0.05, 0) is 42.0 Å². The van der Waals surface area contributed by atoms with Crippen LogP contribution in [0.15, 0.2) is 66.7 Å². The Bertz CT molecular complexity index is 1380. The molecule has 3 aromatic carbocycles. The molecule has 4 aliphatic heterocycles. The molecule has 2 fully saturated rings. The van der Waals surface area contributed by atoms with Gasteiger partial charge >= 0.3 is 0 Å². The molecule has 2 saturated heterocycles. The summed E-state index contributed by atoms with van der Waals surface area (Å²) in [4.78, 5) is 30.8. The van der Waals surface area contributed by atoms with Crippen molar-refractivity contribution < 1.29 is 19.1 Å². The zero-order valence-electron chi connectivity index (χ0n) is 18.6. The summed E-state index contributed by atoms with van der Waals surface area (Å²) >= 11 is 8.26. The van der Waals surface area contributed by atoms with Gasteiger partial charge in [0.1, 0.15) is 5.54 Å². The Labute approximate surface area is 211 Å². The first-order valence-electron chi connectivity index (χ1n) is 11.5. The number of rotatable bonds is 3. The van der Waals surface area contributed by atoms with Crippen molar-refractivity contribution in [1.29, 1.82) is 0 Å². The number of anilines is 1. The molecule has 1 N–H and O–H groups in total. The highest BCUT2D eigenvalue weighted by atomic mass is 35.5. The fraction of sp³-hybridized carbons (Fsp3) is 0.259. The summed E-state index contributed by atoms with van der Waals surface area (Å²) in [5, 5.41) is 3.62. The molecule has 0 aliphatic carbocycles. The maximum absolute atomic E-state index is 14.5. The van der Waals surface area contributed by atoms with E-state index in [2.05, 4.69) is 22.3 Å². The lowest BCUT2D eigenvalue weighted by Crippen LogP contribution is -2.52. The number of hydrogen-bond acceptors (Lipinski definition) is 6. The molecule has 6 nitrogen and oxygen atoms in total. The minimum absolute atomic E-state index is 0.0287. The van der Waals surface area contributed by atoms with Crippen LogP contribution in [-0.2, 0) is 10.3 Å². The van der Waals surface area contributed by atoms with Crippen LogP contribution >= 0.6 is 23.4 Å². The van der Waals surface area contributed by atoms with Crippen LogP contribution in [0.1, 0.15) is 27.4 Å². The highest BCUT2D eigenvalue weighted by Crippen LogP contribution is 2.61. The standard InChI is InChI=1S/C27H21ClN2O4S/c28-17-7-8-19-18(11-17)27(26(32)29-19)24(25(31)16-6-9-21-22(10-16)34-14-33-21)23(15-4-2-1-3-5-15)20-12-35-13-30(20)27/h1-11,20,23-24H,12-14H2,(H,29,32). The van der Waals surface area contributed by atoms with Crippen LogP contribution < -0.4 is 14.8 Å². The van der Waals surface area contributed by atoms with Gasteiger partial charge in [0.2, 0.25) is 12.7 Å². The van der Waals surface area contributed by atoms with E-state index < -0.39 is 11.5 Å². The van der Waals surface area contributed by atoms with Crippen LogP contribution in [-0.4, -0.2) is 41.1 Å². The molecule has 0 radical (unpaired) electrons. The largest absolute Gasteiger partial charge is 0.454 e. The van der Waals surface area contributed by atoms with Crippen LogP contribution in [0.2, 0.25) is 5.02 Å². The average molecular weight is 505 g/mol. The Morgan fingerprint density at radius 1 is 1.06 bits per heavy atom. The Morgan fingerprint density at radius 3 is 2.74 bits per heavy atom. The zero-order valence-corrected chi connectivity index (χ0v) is 20.1. The number of thioether (sulfide) groups is 1. The van der Waals surface area contributed by atoms with Crippen molar-refractivity contribution in [2.24, 2.45) is 5.92 Å². The summed E-state index contributed by atoms with van der Waals surface area (Å²) in [6.45, 7) is 0.133. The van der Waals surface area contributed by atoms with Gasteiger partial charge in [-0.3, -0.25) is 14.5 Å². The van der Waals surface area contributed by atoms with Gasteiger partial charge in [0.05, 0.1) is 5.92 Å². The predicted octanol–water partition coefficient (Wildman–Crippen LogP) is 4.89. The van der Waals surface area contributed by atoms with Crippen molar-refractivity contribution in [1.82, 2.24) is 4.90 Å². The topological polar surface area (TPSA) is 67.9 Å². The second-order valence-electron chi connectivity index (χ2n) is 9.29. The number of halogens is 1. The lowest BCUT2D eigenvalue weighted by Gasteiger charge is -2.36. The molecule has 4 atom stereocenters. The summed E-state index contributed by atoms with van der Waals surface area (Å²) < 4.78 is 11.0. The van der Waals surface area contributed by atoms with Crippen molar-refractivity contribution in [3.05, 3.63) is 88.4 Å². The number of carbonyl (C=O) groups is 2. The van der Waals surface area contributed by atoms with Crippen LogP contribution in [0.4, 0.5) is 5.69 Å². The zero-order chi connectivity index (χ0) is 23.7. The van der Waals surface area contributed by atoms with E-state index in [-0.39, 0.29) is 30.4 Å². The van der Waals surface area contributed by atoms with Crippen molar-refractivity contribution >= 4 is 40.7 Å². The first-order valence-corrected chi connectivity index (χ1v) is 13.1. The number of benzene rings is 3. The molecule has 1 spiro atoms. The van der Waals surface area contributed by atoms with Crippen LogP contribution in [0.5, 0.6) is 11.5 Å². The van der Waals surface area contributed by atoms with E-state index in [1.54, 1.807) is 36.0 Å². The van der Waals surface area contributed by atoms with Gasteiger partial charge in [0.25, 0.3) is 0 Å². The van der Waals surface area contributed by atoms with Gasteiger partial charge in [-0.2, -0.15) is 0 Å². The molecule has 35 heavy (non-hydrogen) atoms. The van der Waals surface area contributed by atoms with Crippen LogP contribution in [0.25, 0.3) is 0 Å². The number of ketones is 1. The molecule has 0 saturated carbocycles. The molecule has 0 aromatic heterocycles. The van der Waals surface area contributed by atoms with E-state index >= 15 is 0 Å². The quantitative estimate of drug-likeness (QED) is 0.512. The summed E-state index contributed by atoms with van der Waals surface area (Å²) in [5.74, 6) is 1.62. The Kier molecular flexibility index (Phi) is 4.72. The molecule has 1 amide bonds. The van der Waals surface area contributed by atoms with Crippen molar-refractivity contribution in [3.8, 4) is 11.5 Å².